The number of hydrogen-bond donors (Lipinski definition) is 0. The summed E-state index contributed by atoms with van der Waals surface area (Å²) in [5.74, 6) is 0. The van der Waals surface area contributed by atoms with Crippen LogP contribution >= 0.6 is 11.6 Å². The van der Waals surface area contributed by atoms with Crippen molar-refractivity contribution < 1.29 is 14.3 Å². The first-order valence-electron chi connectivity index (χ1n) is 3.38. The summed E-state index contributed by atoms with van der Waals surface area (Å²) in [4.78, 5) is 11.1. The van der Waals surface area contributed by atoms with Gasteiger partial charge in [0.2, 0.25) is 5.52 Å². The molecule has 0 unspecified atom stereocenters. The van der Waals surface area contributed by atoms with E-state index in [0.29, 0.717) is 0 Å². The van der Waals surface area contributed by atoms with E-state index in [2.05, 4.69) is 9.79 Å². The third-order valence-electron chi connectivity index (χ3n) is 1.63. The summed E-state index contributed by atoms with van der Waals surface area (Å²) in [5.41, 5.74) is 0.529. The van der Waals surface area contributed by atoms with Crippen molar-refractivity contribution in [1.82, 2.24) is 5.16 Å². The maximum absolute atomic E-state index is 10.9. The first-order valence-corrected chi connectivity index (χ1v) is 3.76. The molecule has 2 rings (SSSR count). The molecular weight excluding hydrogens is 196 g/mol. The Bertz CT molecular complexity index is 480. The van der Waals surface area contributed by atoms with Gasteiger partial charge in [-0.3, -0.25) is 9.42 Å². The maximum atomic E-state index is 10.9. The number of rotatable bonds is 1. The maximum Gasteiger partial charge on any atom is 0.260 e. The lowest BCUT2D eigenvalue weighted by Crippen LogP contribution is -2.22. The Morgan fingerprint density at radius 3 is 3.08 bits per heavy atom. The van der Waals surface area contributed by atoms with Crippen LogP contribution in [0.3, 0.4) is 0 Å². The standard InChI is InChI=1S/C7H3ClN2O3/c8-7(11)4-2-1-3-5-6(4)9-13-10(5)12/h1-3H. The second-order valence-corrected chi connectivity index (χ2v) is 2.72. The molecule has 0 saturated carbocycles. The zero-order valence-electron chi connectivity index (χ0n) is 6.23. The lowest BCUT2D eigenvalue weighted by Gasteiger charge is -1.89. The Morgan fingerprint density at radius 1 is 1.62 bits per heavy atom. The molecule has 1 heterocycles. The largest absolute Gasteiger partial charge is 0.359 e. The minimum atomic E-state index is -0.667. The van der Waals surface area contributed by atoms with E-state index in [9.17, 15) is 10.0 Å². The monoisotopic (exact) mass is 198 g/mol. The normalized spacial score (nSPS) is 10.5. The van der Waals surface area contributed by atoms with E-state index in [-0.39, 0.29) is 21.5 Å². The van der Waals surface area contributed by atoms with Gasteiger partial charge < -0.3 is 5.21 Å². The van der Waals surface area contributed by atoms with Crippen LogP contribution in [0.25, 0.3) is 11.0 Å². The highest BCUT2D eigenvalue weighted by Crippen LogP contribution is 2.14. The van der Waals surface area contributed by atoms with Crippen LogP contribution in [0, 0.1) is 5.21 Å². The van der Waals surface area contributed by atoms with Crippen LogP contribution in [0.2, 0.25) is 0 Å². The molecule has 0 radical (unpaired) electrons. The van der Waals surface area contributed by atoms with Gasteiger partial charge in [0, 0.05) is 5.16 Å². The van der Waals surface area contributed by atoms with Crippen molar-refractivity contribution in [3.8, 4) is 0 Å². The summed E-state index contributed by atoms with van der Waals surface area (Å²) in [6.07, 6.45) is 0. The average molecular weight is 199 g/mol. The van der Waals surface area contributed by atoms with Crippen molar-refractivity contribution in [2.45, 2.75) is 0 Å². The Kier molecular flexibility index (Phi) is 1.66. The van der Waals surface area contributed by atoms with Crippen LogP contribution < -0.4 is 4.90 Å². The lowest BCUT2D eigenvalue weighted by molar-refractivity contribution is -0.782. The molecule has 0 saturated heterocycles. The third kappa shape index (κ3) is 1.13. The van der Waals surface area contributed by atoms with Crippen LogP contribution in [0.15, 0.2) is 22.8 Å². The van der Waals surface area contributed by atoms with Gasteiger partial charge in [0.15, 0.2) is 0 Å². The fraction of sp³-hybridized carbons (Fsp3) is 0. The molecule has 0 aliphatic heterocycles. The van der Waals surface area contributed by atoms with E-state index in [1.54, 1.807) is 0 Å². The molecule has 6 heteroatoms. The highest BCUT2D eigenvalue weighted by Gasteiger charge is 2.17. The predicted molar refractivity (Wildman–Crippen MR) is 43.2 cm³/mol. The summed E-state index contributed by atoms with van der Waals surface area (Å²) < 4.78 is 4.31. The van der Waals surface area contributed by atoms with Gasteiger partial charge in [-0.2, -0.15) is 0 Å². The average Bonchev–Trinajstić information content (AvgIpc) is 2.48. The molecule has 0 amide bonds. The summed E-state index contributed by atoms with van der Waals surface area (Å²) in [6, 6.07) is 4.49. The Morgan fingerprint density at radius 2 is 2.38 bits per heavy atom. The first kappa shape index (κ1) is 8.00. The molecule has 2 aromatic rings. The Labute approximate surface area is 77.0 Å². The molecule has 5 nitrogen and oxygen atoms in total. The molecule has 0 aliphatic carbocycles. The van der Waals surface area contributed by atoms with E-state index < -0.39 is 5.24 Å². The van der Waals surface area contributed by atoms with Crippen LogP contribution in [0.4, 0.5) is 0 Å². The van der Waals surface area contributed by atoms with E-state index in [1.165, 1.54) is 18.2 Å². The summed E-state index contributed by atoms with van der Waals surface area (Å²) in [5, 5.41) is 13.6. The van der Waals surface area contributed by atoms with Crippen molar-refractivity contribution >= 4 is 27.9 Å². The van der Waals surface area contributed by atoms with E-state index >= 15 is 0 Å². The van der Waals surface area contributed by atoms with Crippen LogP contribution in [0.5, 0.6) is 0 Å². The number of nitrogens with zero attached hydrogens (tertiary/aromatic N) is 2. The van der Waals surface area contributed by atoms with E-state index in [1.807, 2.05) is 0 Å². The molecule has 0 fully saturated rings. The van der Waals surface area contributed by atoms with Crippen LogP contribution in [-0.2, 0) is 0 Å². The number of halogens is 1. The summed E-state index contributed by atoms with van der Waals surface area (Å²) in [6.45, 7) is 0. The SMILES string of the molecule is O=C(Cl)c1cccc2c1no[n+]2[O-]. The fourth-order valence-corrected chi connectivity index (χ4v) is 1.21. The molecule has 0 bridgehead atoms. The number of aromatic nitrogens is 2. The van der Waals surface area contributed by atoms with Crippen molar-refractivity contribution in [3.05, 3.63) is 29.0 Å². The smallest absolute Gasteiger partial charge is 0.260 e. The van der Waals surface area contributed by atoms with Gasteiger partial charge in [-0.15, -0.1) is 0 Å². The van der Waals surface area contributed by atoms with Crippen molar-refractivity contribution in [2.24, 2.45) is 0 Å². The number of carbonyl (C=O) groups excluding carboxylic acids is 1. The molecule has 66 valence electrons. The highest BCUT2D eigenvalue weighted by molar-refractivity contribution is 6.68. The zero-order valence-corrected chi connectivity index (χ0v) is 6.99. The van der Waals surface area contributed by atoms with Gasteiger partial charge in [0.05, 0.1) is 5.56 Å². The van der Waals surface area contributed by atoms with E-state index in [4.69, 9.17) is 11.6 Å². The summed E-state index contributed by atoms with van der Waals surface area (Å²) in [7, 11) is 0. The molecule has 1 aromatic heterocycles. The highest BCUT2D eigenvalue weighted by atomic mass is 35.5. The molecular formula is C7H3ClN2O3. The number of fused-ring (bicyclic) bond motifs is 1. The van der Waals surface area contributed by atoms with Crippen molar-refractivity contribution in [1.29, 1.82) is 0 Å². The Hall–Kier alpha value is -1.62. The van der Waals surface area contributed by atoms with Crippen LogP contribution in [0.1, 0.15) is 10.4 Å². The van der Waals surface area contributed by atoms with Gasteiger partial charge in [0.25, 0.3) is 10.8 Å². The van der Waals surface area contributed by atoms with Crippen LogP contribution in [-0.4, -0.2) is 10.4 Å². The number of carbonyl (C=O) groups is 1. The molecule has 0 N–H and O–H groups in total. The topological polar surface area (TPSA) is 70.0 Å². The molecule has 1 aromatic carbocycles. The third-order valence-corrected chi connectivity index (χ3v) is 1.83. The van der Waals surface area contributed by atoms with Crippen molar-refractivity contribution in [3.63, 3.8) is 0 Å². The van der Waals surface area contributed by atoms with Crippen molar-refractivity contribution in [2.75, 3.05) is 0 Å². The Balaban J connectivity index is 2.84. The van der Waals surface area contributed by atoms with Gasteiger partial charge in [0.1, 0.15) is 0 Å². The van der Waals surface area contributed by atoms with Gasteiger partial charge in [-0.1, -0.05) is 6.07 Å². The molecule has 0 atom stereocenters. The van der Waals surface area contributed by atoms with E-state index in [0.717, 1.165) is 0 Å². The fourth-order valence-electron chi connectivity index (χ4n) is 1.06. The number of benzene rings is 1. The van der Waals surface area contributed by atoms with Gasteiger partial charge in [-0.25, -0.2) is 0 Å². The lowest BCUT2D eigenvalue weighted by atomic mass is 10.2. The van der Waals surface area contributed by atoms with Gasteiger partial charge >= 0.3 is 0 Å². The molecule has 13 heavy (non-hydrogen) atoms. The second-order valence-electron chi connectivity index (χ2n) is 2.38. The minimum absolute atomic E-state index is 0.164. The predicted octanol–water partition coefficient (Wildman–Crippen LogP) is 0.840. The first-order chi connectivity index (χ1) is 6.20. The minimum Gasteiger partial charge on any atom is -0.359 e. The molecule has 0 spiro atoms. The zero-order chi connectivity index (χ0) is 9.42. The quantitative estimate of drug-likeness (QED) is 0.503. The second kappa shape index (κ2) is 2.70. The van der Waals surface area contributed by atoms with Gasteiger partial charge in [-0.05, 0) is 28.6 Å². The summed E-state index contributed by atoms with van der Waals surface area (Å²) >= 11 is 5.26. The molecule has 0 aliphatic rings. The number of hydrogen-bond acceptors (Lipinski definition) is 4.